The van der Waals surface area contributed by atoms with Crippen LogP contribution in [0, 0.1) is 23.7 Å². The number of hydrogen-bond acceptors (Lipinski definition) is 11. The summed E-state index contributed by atoms with van der Waals surface area (Å²) in [4.78, 5) is 117. The first-order valence-electron chi connectivity index (χ1n) is 21.4. The normalized spacial score (nSPS) is 15.5. The number of carboxylic acids is 1. The number of aliphatic hydroxyl groups is 1. The summed E-state index contributed by atoms with van der Waals surface area (Å²) in [6, 6.07) is 0.819. The van der Waals surface area contributed by atoms with Gasteiger partial charge in [0.25, 0.3) is 0 Å². The van der Waals surface area contributed by atoms with E-state index in [1.165, 1.54) is 13.8 Å². The molecule has 0 saturated heterocycles. The van der Waals surface area contributed by atoms with Crippen molar-refractivity contribution in [2.24, 2.45) is 29.4 Å². The van der Waals surface area contributed by atoms with Crippen molar-refractivity contribution < 1.29 is 53.4 Å². The lowest BCUT2D eigenvalue weighted by atomic mass is 9.96. The van der Waals surface area contributed by atoms with Crippen LogP contribution in [0.15, 0.2) is 30.3 Å². The van der Waals surface area contributed by atoms with Gasteiger partial charge in [-0.2, -0.15) is 0 Å². The van der Waals surface area contributed by atoms with Gasteiger partial charge < -0.3 is 58.5 Å². The Hall–Kier alpha value is -5.63. The number of amides is 8. The molecule has 20 nitrogen and oxygen atoms in total. The Labute approximate surface area is 370 Å². The van der Waals surface area contributed by atoms with E-state index < -0.39 is 127 Å². The van der Waals surface area contributed by atoms with Gasteiger partial charge in [-0.05, 0) is 62.3 Å². The zero-order chi connectivity index (χ0) is 48.1. The van der Waals surface area contributed by atoms with Gasteiger partial charge in [0.2, 0.25) is 47.3 Å². The zero-order valence-electron chi connectivity index (χ0n) is 38.2. The van der Waals surface area contributed by atoms with Crippen LogP contribution in [0.3, 0.4) is 0 Å². The van der Waals surface area contributed by atoms with Gasteiger partial charge in [0, 0.05) is 0 Å². The molecular weight excluding hydrogens is 819 g/mol. The smallest absolute Gasteiger partial charge is 0.326 e. The Morgan fingerprint density at radius 3 is 1.49 bits per heavy atom. The Balaban J connectivity index is 2.93. The molecule has 0 aromatic heterocycles. The first-order chi connectivity index (χ1) is 29.4. The van der Waals surface area contributed by atoms with Crippen LogP contribution in [0.4, 0.5) is 0 Å². The predicted molar refractivity (Wildman–Crippen MR) is 234 cm³/mol. The maximum Gasteiger partial charge on any atom is 0.326 e. The Morgan fingerprint density at radius 1 is 0.571 bits per heavy atom. The highest BCUT2D eigenvalue weighted by atomic mass is 16.4. The molecule has 12 N–H and O–H groups in total. The summed E-state index contributed by atoms with van der Waals surface area (Å²) in [6.07, 6.45) is -0.482. The maximum atomic E-state index is 13.7. The quantitative estimate of drug-likeness (QED) is 0.0506. The largest absolute Gasteiger partial charge is 0.480 e. The van der Waals surface area contributed by atoms with Crippen molar-refractivity contribution in [3.63, 3.8) is 0 Å². The lowest BCUT2D eigenvalue weighted by molar-refractivity contribution is -0.144. The molecule has 354 valence electrons. The fourth-order valence-corrected chi connectivity index (χ4v) is 6.21. The van der Waals surface area contributed by atoms with Crippen LogP contribution in [0.1, 0.15) is 94.1 Å². The molecular formula is C43H71N9O11. The number of nitrogens with two attached hydrogens (primary N) is 1. The van der Waals surface area contributed by atoms with E-state index in [-0.39, 0.29) is 31.1 Å². The third-order valence-corrected chi connectivity index (χ3v) is 10.0. The summed E-state index contributed by atoms with van der Waals surface area (Å²) < 4.78 is 0. The molecule has 0 spiro atoms. The fourth-order valence-electron chi connectivity index (χ4n) is 6.21. The molecule has 0 heterocycles. The van der Waals surface area contributed by atoms with Crippen molar-refractivity contribution >= 4 is 53.2 Å². The number of hydrogen-bond donors (Lipinski definition) is 11. The minimum absolute atomic E-state index is 0.0819. The number of aliphatic carboxylic acids is 1. The second kappa shape index (κ2) is 27.4. The summed E-state index contributed by atoms with van der Waals surface area (Å²) in [6.45, 7) is 15.4. The molecule has 1 aromatic carbocycles. The molecule has 0 aliphatic carbocycles. The summed E-state index contributed by atoms with van der Waals surface area (Å²) in [5.41, 5.74) is 6.85. The van der Waals surface area contributed by atoms with Gasteiger partial charge in [-0.25, -0.2) is 4.79 Å². The summed E-state index contributed by atoms with van der Waals surface area (Å²) >= 11 is 0. The maximum absolute atomic E-state index is 13.7. The standard InChI is InChI=1S/C43H71N9O11/c1-11-25(8)35(41(60)52-36(27(10)53)42(61)50-34(24(6)7)43(62)63)51-40(59)31(18-23(4)5)49-33(55)21-46-39(58)30(17-22(2)3)48-32(54)20-45-37(56)26(9)47-38(57)29(44)19-28-15-13-12-14-16-28/h12-16,22-27,29-31,34-36,53H,11,17-21,44H2,1-10H3,(H,45,56)(H,46,58)(H,47,57)(H,48,54)(H,49,55)(H,50,61)(H,51,59)(H,52,60)(H,62,63)/t25-,26-,27+,29-,30-,31-,34-,35-,36-/m0/s1. The molecule has 0 aliphatic heterocycles. The van der Waals surface area contributed by atoms with Crippen LogP contribution in [0.2, 0.25) is 0 Å². The van der Waals surface area contributed by atoms with E-state index in [2.05, 4.69) is 42.5 Å². The predicted octanol–water partition coefficient (Wildman–Crippen LogP) is -1.02. The topological polar surface area (TPSA) is 316 Å². The van der Waals surface area contributed by atoms with Gasteiger partial charge in [-0.1, -0.05) is 92.1 Å². The van der Waals surface area contributed by atoms with E-state index in [1.54, 1.807) is 41.5 Å². The van der Waals surface area contributed by atoms with Crippen molar-refractivity contribution in [1.29, 1.82) is 0 Å². The van der Waals surface area contributed by atoms with Gasteiger partial charge in [-0.15, -0.1) is 0 Å². The van der Waals surface area contributed by atoms with E-state index in [9.17, 15) is 53.4 Å². The molecule has 63 heavy (non-hydrogen) atoms. The van der Waals surface area contributed by atoms with E-state index >= 15 is 0 Å². The van der Waals surface area contributed by atoms with Gasteiger partial charge in [-0.3, -0.25) is 38.4 Å². The Bertz CT molecular complexity index is 1710. The van der Waals surface area contributed by atoms with Crippen LogP contribution in [0.25, 0.3) is 0 Å². The Kier molecular flexibility index (Phi) is 24.1. The summed E-state index contributed by atoms with van der Waals surface area (Å²) in [5, 5.41) is 39.9. The fraction of sp³-hybridized carbons (Fsp3) is 0.651. The molecule has 20 heteroatoms. The number of carboxylic acid groups (broad SMARTS) is 1. The number of carbonyl (C=O) groups excluding carboxylic acids is 8. The van der Waals surface area contributed by atoms with Crippen molar-refractivity contribution in [3.05, 3.63) is 35.9 Å². The van der Waals surface area contributed by atoms with Crippen molar-refractivity contribution in [2.45, 2.75) is 143 Å². The monoisotopic (exact) mass is 890 g/mol. The number of nitrogens with one attached hydrogen (secondary N) is 8. The van der Waals surface area contributed by atoms with Gasteiger partial charge in [0.15, 0.2) is 0 Å². The minimum atomic E-state index is -1.56. The number of rotatable bonds is 27. The van der Waals surface area contributed by atoms with Crippen molar-refractivity contribution in [1.82, 2.24) is 42.5 Å². The second-order valence-electron chi connectivity index (χ2n) is 17.1. The second-order valence-corrected chi connectivity index (χ2v) is 17.1. The molecule has 1 rings (SSSR count). The van der Waals surface area contributed by atoms with Crippen LogP contribution in [-0.4, -0.2) is 125 Å². The van der Waals surface area contributed by atoms with E-state index in [1.807, 2.05) is 44.2 Å². The number of carbonyl (C=O) groups is 9. The van der Waals surface area contributed by atoms with Crippen LogP contribution in [0.5, 0.6) is 0 Å². The highest BCUT2D eigenvalue weighted by Crippen LogP contribution is 2.13. The van der Waals surface area contributed by atoms with Crippen LogP contribution >= 0.6 is 0 Å². The van der Waals surface area contributed by atoms with E-state index in [0.717, 1.165) is 5.56 Å². The SMILES string of the molecule is CC[C@H](C)[C@H](NC(=O)[C@H](CC(C)C)NC(=O)CNC(=O)[C@H](CC(C)C)NC(=O)CNC(=O)[C@H](C)NC(=O)[C@@H](N)Cc1ccccc1)C(=O)N[C@H](C(=O)N[C@H](C(=O)O)C(C)C)[C@@H](C)O. The Morgan fingerprint density at radius 2 is 1.03 bits per heavy atom. The molecule has 0 saturated carbocycles. The average Bonchev–Trinajstić information content (AvgIpc) is 3.20. The highest BCUT2D eigenvalue weighted by molar-refractivity contribution is 5.97. The van der Waals surface area contributed by atoms with Crippen LogP contribution < -0.4 is 48.3 Å². The van der Waals surface area contributed by atoms with Crippen molar-refractivity contribution in [2.75, 3.05) is 13.1 Å². The van der Waals surface area contributed by atoms with Gasteiger partial charge in [0.05, 0.1) is 25.2 Å². The molecule has 9 atom stereocenters. The molecule has 1 aromatic rings. The minimum Gasteiger partial charge on any atom is -0.480 e. The summed E-state index contributed by atoms with van der Waals surface area (Å²) in [7, 11) is 0. The van der Waals surface area contributed by atoms with Gasteiger partial charge in [0.1, 0.15) is 36.3 Å². The molecule has 0 bridgehead atoms. The highest BCUT2D eigenvalue weighted by Gasteiger charge is 2.36. The van der Waals surface area contributed by atoms with E-state index in [4.69, 9.17) is 5.73 Å². The average molecular weight is 890 g/mol. The van der Waals surface area contributed by atoms with Crippen LogP contribution in [-0.2, 0) is 49.6 Å². The molecule has 0 fully saturated rings. The lowest BCUT2D eigenvalue weighted by Crippen LogP contribution is -2.62. The van der Waals surface area contributed by atoms with Crippen molar-refractivity contribution in [3.8, 4) is 0 Å². The molecule has 0 radical (unpaired) electrons. The number of aliphatic hydroxyl groups excluding tert-OH is 1. The molecule has 8 amide bonds. The first kappa shape index (κ1) is 55.4. The lowest BCUT2D eigenvalue weighted by Gasteiger charge is -2.30. The summed E-state index contributed by atoms with van der Waals surface area (Å²) in [5.74, 6) is -8.37. The zero-order valence-corrected chi connectivity index (χ0v) is 38.2. The van der Waals surface area contributed by atoms with Gasteiger partial charge >= 0.3 is 5.97 Å². The third kappa shape index (κ3) is 20.4. The molecule has 0 unspecified atom stereocenters. The number of benzene rings is 1. The third-order valence-electron chi connectivity index (χ3n) is 10.0. The van der Waals surface area contributed by atoms with E-state index in [0.29, 0.717) is 6.42 Å². The molecule has 0 aliphatic rings. The first-order valence-corrected chi connectivity index (χ1v) is 21.4.